The van der Waals surface area contributed by atoms with E-state index in [9.17, 15) is 0 Å². The lowest BCUT2D eigenvalue weighted by atomic mass is 10.3. The predicted octanol–water partition coefficient (Wildman–Crippen LogP) is 0.610. The van der Waals surface area contributed by atoms with Gasteiger partial charge in [0.25, 0.3) is 0 Å². The third-order valence-electron chi connectivity index (χ3n) is 3.95. The van der Waals surface area contributed by atoms with Crippen LogP contribution in [0.15, 0.2) is 25.0 Å². The fraction of sp³-hybridized carbons (Fsp3) is 0.462. The van der Waals surface area contributed by atoms with Gasteiger partial charge in [0.15, 0.2) is 5.65 Å². The molecule has 130 valence electrons. The number of nitrogens with zero attached hydrogens (tertiary/aromatic N) is 8. The molecular weight excluding hydrogens is 353 g/mol. The second-order valence-corrected chi connectivity index (χ2v) is 5.33. The zero-order chi connectivity index (χ0) is 14.8. The van der Waals surface area contributed by atoms with E-state index in [4.69, 9.17) is 0 Å². The first-order chi connectivity index (χ1) is 10.9. The van der Waals surface area contributed by atoms with Crippen molar-refractivity contribution in [2.24, 2.45) is 0 Å². The summed E-state index contributed by atoms with van der Waals surface area (Å²) in [6, 6.07) is 0. The van der Waals surface area contributed by atoms with Crippen molar-refractivity contribution in [3.8, 4) is 0 Å². The van der Waals surface area contributed by atoms with E-state index in [1.54, 1.807) is 18.9 Å². The van der Waals surface area contributed by atoms with E-state index < -0.39 is 0 Å². The number of piperazine rings is 1. The SMILES string of the molecule is Cl.Cl.c1ncn(CCN2CCN(c3ncc4cn[nH]c4n3)CC2)n1. The summed E-state index contributed by atoms with van der Waals surface area (Å²) in [7, 11) is 0. The summed E-state index contributed by atoms with van der Waals surface area (Å²) in [6.07, 6.45) is 6.88. The van der Waals surface area contributed by atoms with Crippen molar-refractivity contribution in [3.63, 3.8) is 0 Å². The molecule has 1 N–H and O–H groups in total. The van der Waals surface area contributed by atoms with Crippen LogP contribution in [0, 0.1) is 0 Å². The van der Waals surface area contributed by atoms with E-state index in [1.165, 1.54) is 0 Å². The predicted molar refractivity (Wildman–Crippen MR) is 94.9 cm³/mol. The van der Waals surface area contributed by atoms with E-state index in [-0.39, 0.29) is 24.8 Å². The summed E-state index contributed by atoms with van der Waals surface area (Å²) in [5.41, 5.74) is 0.790. The lowest BCUT2D eigenvalue weighted by Gasteiger charge is -2.34. The van der Waals surface area contributed by atoms with Crippen molar-refractivity contribution in [3.05, 3.63) is 25.0 Å². The van der Waals surface area contributed by atoms with Gasteiger partial charge in [-0.25, -0.2) is 9.97 Å². The minimum Gasteiger partial charge on any atom is -0.338 e. The number of fused-ring (bicyclic) bond motifs is 1. The second kappa shape index (κ2) is 8.22. The maximum Gasteiger partial charge on any atom is 0.227 e. The molecular formula is C13H19Cl2N9. The number of nitrogens with one attached hydrogen (secondary N) is 1. The Hall–Kier alpha value is -1.97. The zero-order valence-electron chi connectivity index (χ0n) is 12.9. The molecule has 9 nitrogen and oxygen atoms in total. The van der Waals surface area contributed by atoms with Crippen LogP contribution in [0.1, 0.15) is 0 Å². The van der Waals surface area contributed by atoms with Crippen LogP contribution >= 0.6 is 24.8 Å². The Balaban J connectivity index is 0.00000104. The van der Waals surface area contributed by atoms with E-state index in [2.05, 4.69) is 40.0 Å². The summed E-state index contributed by atoms with van der Waals surface area (Å²) >= 11 is 0. The van der Waals surface area contributed by atoms with Crippen molar-refractivity contribution in [2.45, 2.75) is 6.54 Å². The Morgan fingerprint density at radius 3 is 2.62 bits per heavy atom. The van der Waals surface area contributed by atoms with Crippen molar-refractivity contribution in [1.82, 2.24) is 39.8 Å². The van der Waals surface area contributed by atoms with Crippen LogP contribution in [0.3, 0.4) is 0 Å². The number of hydrogen-bond acceptors (Lipinski definition) is 7. The minimum absolute atomic E-state index is 0. The summed E-state index contributed by atoms with van der Waals surface area (Å²) in [5.74, 6) is 0.771. The Labute approximate surface area is 151 Å². The lowest BCUT2D eigenvalue weighted by Crippen LogP contribution is -2.47. The van der Waals surface area contributed by atoms with E-state index in [0.717, 1.165) is 56.3 Å². The van der Waals surface area contributed by atoms with Crippen LogP contribution in [-0.2, 0) is 6.54 Å². The molecule has 0 bridgehead atoms. The third kappa shape index (κ3) is 3.92. The van der Waals surface area contributed by atoms with Crippen LogP contribution in [0.2, 0.25) is 0 Å². The molecule has 24 heavy (non-hydrogen) atoms. The van der Waals surface area contributed by atoms with E-state index >= 15 is 0 Å². The highest BCUT2D eigenvalue weighted by atomic mass is 35.5. The molecule has 4 heterocycles. The maximum atomic E-state index is 4.53. The standard InChI is InChI=1S/C13H17N9.2ClH/c1-4-21(13-15-7-11-8-16-19-12(11)18-13)5-2-20(1)3-6-22-10-14-9-17-22;;/h7-10H,1-6H2,(H,15,16,18,19);2*1H. The first-order valence-electron chi connectivity index (χ1n) is 7.34. The highest BCUT2D eigenvalue weighted by Crippen LogP contribution is 2.14. The molecule has 4 rings (SSSR count). The molecule has 0 spiro atoms. The molecule has 1 aliphatic rings. The van der Waals surface area contributed by atoms with Gasteiger partial charge in [-0.05, 0) is 0 Å². The van der Waals surface area contributed by atoms with Gasteiger partial charge in [-0.1, -0.05) is 0 Å². The molecule has 0 aliphatic carbocycles. The van der Waals surface area contributed by atoms with Gasteiger partial charge in [0, 0.05) is 38.9 Å². The average molecular weight is 372 g/mol. The van der Waals surface area contributed by atoms with E-state index in [1.807, 2.05) is 10.9 Å². The molecule has 1 fully saturated rings. The van der Waals surface area contributed by atoms with Crippen molar-refractivity contribution >= 4 is 41.8 Å². The van der Waals surface area contributed by atoms with Crippen molar-refractivity contribution < 1.29 is 0 Å². The number of halogens is 2. The van der Waals surface area contributed by atoms with Crippen LogP contribution < -0.4 is 4.90 Å². The number of hydrogen-bond donors (Lipinski definition) is 1. The van der Waals surface area contributed by atoms with Gasteiger partial charge in [0.05, 0.1) is 18.1 Å². The Morgan fingerprint density at radius 2 is 1.88 bits per heavy atom. The maximum absolute atomic E-state index is 4.53. The summed E-state index contributed by atoms with van der Waals surface area (Å²) in [6.45, 7) is 5.71. The number of aromatic amines is 1. The molecule has 0 radical (unpaired) electrons. The second-order valence-electron chi connectivity index (χ2n) is 5.33. The van der Waals surface area contributed by atoms with Gasteiger partial charge < -0.3 is 4.90 Å². The Bertz CT molecular complexity index is 737. The Morgan fingerprint density at radius 1 is 1.04 bits per heavy atom. The minimum atomic E-state index is 0. The highest BCUT2D eigenvalue weighted by Gasteiger charge is 2.19. The fourth-order valence-electron chi connectivity index (χ4n) is 2.64. The summed E-state index contributed by atoms with van der Waals surface area (Å²) in [5, 5.41) is 11.9. The summed E-state index contributed by atoms with van der Waals surface area (Å²) in [4.78, 5) is 17.6. The van der Waals surface area contributed by atoms with Crippen LogP contribution in [0.5, 0.6) is 0 Å². The van der Waals surface area contributed by atoms with Gasteiger partial charge in [-0.2, -0.15) is 15.2 Å². The molecule has 0 amide bonds. The molecule has 0 unspecified atom stereocenters. The van der Waals surface area contributed by atoms with Crippen LogP contribution in [-0.4, -0.2) is 72.6 Å². The number of aromatic nitrogens is 7. The van der Waals surface area contributed by atoms with Crippen LogP contribution in [0.4, 0.5) is 5.95 Å². The molecule has 3 aromatic rings. The monoisotopic (exact) mass is 371 g/mol. The number of anilines is 1. The summed E-state index contributed by atoms with van der Waals surface area (Å²) < 4.78 is 1.86. The molecule has 11 heteroatoms. The molecule has 0 aromatic carbocycles. The van der Waals surface area contributed by atoms with Gasteiger partial charge >= 0.3 is 0 Å². The first-order valence-corrected chi connectivity index (χ1v) is 7.34. The number of H-pyrrole nitrogens is 1. The number of rotatable bonds is 4. The van der Waals surface area contributed by atoms with Crippen molar-refractivity contribution in [2.75, 3.05) is 37.6 Å². The lowest BCUT2D eigenvalue weighted by molar-refractivity contribution is 0.243. The van der Waals surface area contributed by atoms with Crippen molar-refractivity contribution in [1.29, 1.82) is 0 Å². The zero-order valence-corrected chi connectivity index (χ0v) is 14.6. The molecule has 0 saturated carbocycles. The van der Waals surface area contributed by atoms with Gasteiger partial charge in [-0.15, -0.1) is 24.8 Å². The molecule has 3 aromatic heterocycles. The molecule has 0 atom stereocenters. The highest BCUT2D eigenvalue weighted by molar-refractivity contribution is 5.85. The van der Waals surface area contributed by atoms with Gasteiger partial charge in [0.1, 0.15) is 12.7 Å². The Kier molecular flexibility index (Phi) is 6.29. The van der Waals surface area contributed by atoms with Gasteiger partial charge in [0.2, 0.25) is 5.95 Å². The molecule has 1 saturated heterocycles. The topological polar surface area (TPSA) is 91.7 Å². The molecule has 1 aliphatic heterocycles. The van der Waals surface area contributed by atoms with E-state index in [0.29, 0.717) is 0 Å². The van der Waals surface area contributed by atoms with Crippen LogP contribution in [0.25, 0.3) is 11.0 Å². The smallest absolute Gasteiger partial charge is 0.227 e. The van der Waals surface area contributed by atoms with Gasteiger partial charge in [-0.3, -0.25) is 14.7 Å². The third-order valence-corrected chi connectivity index (χ3v) is 3.95. The fourth-order valence-corrected chi connectivity index (χ4v) is 2.64. The normalized spacial score (nSPS) is 15.1. The average Bonchev–Trinajstić information content (AvgIpc) is 3.24. The largest absolute Gasteiger partial charge is 0.338 e. The first kappa shape index (κ1) is 18.4. The quantitative estimate of drug-likeness (QED) is 0.718.